The third kappa shape index (κ3) is 14.4. The summed E-state index contributed by atoms with van der Waals surface area (Å²) in [4.78, 5) is 0. The molecule has 0 bridgehead atoms. The molecule has 2 heterocycles. The van der Waals surface area contributed by atoms with Crippen molar-refractivity contribution in [2.45, 2.75) is 52.9 Å². The van der Waals surface area contributed by atoms with E-state index in [0.717, 1.165) is 39.0 Å². The van der Waals surface area contributed by atoms with Gasteiger partial charge in [-0.05, 0) is 54.3 Å². The van der Waals surface area contributed by atoms with Crippen LogP contribution in [0.25, 0.3) is 22.1 Å². The summed E-state index contributed by atoms with van der Waals surface area (Å²) in [7, 11) is -21.3. The molecule has 0 unspecified atom stereocenters. The molecule has 0 fully saturated rings. The molecule has 258 valence electrons. The van der Waals surface area contributed by atoms with Gasteiger partial charge in [0.2, 0.25) is 12.7 Å². The molecule has 3 aromatic carbocycles. The van der Waals surface area contributed by atoms with Crippen LogP contribution in [0.3, 0.4) is 0 Å². The molecule has 4 nitrogen and oxygen atoms in total. The Morgan fingerprint density at radius 2 is 0.826 bits per heavy atom. The van der Waals surface area contributed by atoms with Crippen LogP contribution in [0, 0.1) is 0 Å². The zero-order chi connectivity index (χ0) is 34.7. The van der Waals surface area contributed by atoms with E-state index in [1.54, 1.807) is 0 Å². The van der Waals surface area contributed by atoms with Crippen molar-refractivity contribution in [3.05, 3.63) is 96.6 Å². The Balaban J connectivity index is 0.000000345. The zero-order valence-electron chi connectivity index (χ0n) is 24.5. The predicted molar refractivity (Wildman–Crippen MR) is 157 cm³/mol. The van der Waals surface area contributed by atoms with Gasteiger partial charge in [-0.15, -0.1) is 0 Å². The maximum atomic E-state index is 9.87. The normalized spacial score (nSPS) is 15.1. The average molecular weight is 715 g/mol. The number of fused-ring (bicyclic) bond motifs is 2. The Labute approximate surface area is 256 Å². The first-order chi connectivity index (χ1) is 20.7. The molecule has 0 aliphatic heterocycles. The van der Waals surface area contributed by atoms with E-state index in [9.17, 15) is 50.4 Å². The molecule has 0 saturated carbocycles. The summed E-state index contributed by atoms with van der Waals surface area (Å²) in [5.41, 5.74) is 7.89. The summed E-state index contributed by atoms with van der Waals surface area (Å²) < 4.78 is 128. The van der Waals surface area contributed by atoms with Crippen molar-refractivity contribution in [1.29, 1.82) is 0 Å². The van der Waals surface area contributed by atoms with Gasteiger partial charge in [-0.1, -0.05) is 56.3 Å². The topological polar surface area (TPSA) is 17.6 Å². The number of hydrogen-bond donors (Lipinski definition) is 0. The molecular formula is C28H32F12N4P2. The van der Waals surface area contributed by atoms with Crippen LogP contribution in [-0.2, 0) is 26.2 Å². The van der Waals surface area contributed by atoms with E-state index in [0.29, 0.717) is 0 Å². The van der Waals surface area contributed by atoms with E-state index < -0.39 is 15.6 Å². The molecule has 0 atom stereocenters. The number of halogens is 12. The van der Waals surface area contributed by atoms with Gasteiger partial charge in [0.15, 0.2) is 22.1 Å². The second kappa shape index (κ2) is 11.7. The standard InChI is InChI=1S/C28H32N4.2F6P/c1-3-16-29-21-31(27-14-7-5-12-25(27)29)19-23-10-9-11-24(18-23)20-32-22-30(17-4-2)26-13-6-8-15-28(26)32;2*1-7(2,3,4,5)6/h5-15,18,21-22H,3-4,16-17,19-20H2,1-2H3;;/q+2;2*-1. The van der Waals surface area contributed by atoms with E-state index in [-0.39, 0.29) is 0 Å². The Morgan fingerprint density at radius 1 is 0.500 bits per heavy atom. The van der Waals surface area contributed by atoms with Crippen molar-refractivity contribution < 1.29 is 59.5 Å². The number of para-hydroxylation sites is 4. The average Bonchev–Trinajstić information content (AvgIpc) is 3.39. The molecule has 0 saturated heterocycles. The molecule has 0 radical (unpaired) electrons. The van der Waals surface area contributed by atoms with Gasteiger partial charge in [0.1, 0.15) is 13.1 Å². The van der Waals surface area contributed by atoms with Crippen molar-refractivity contribution in [2.24, 2.45) is 0 Å². The van der Waals surface area contributed by atoms with Crippen molar-refractivity contribution in [2.75, 3.05) is 0 Å². The Bertz CT molecular complexity index is 1660. The number of aromatic nitrogens is 4. The number of nitrogens with zero attached hydrogens (tertiary/aromatic N) is 4. The molecule has 0 N–H and O–H groups in total. The van der Waals surface area contributed by atoms with Crippen LogP contribution in [0.4, 0.5) is 50.4 Å². The van der Waals surface area contributed by atoms with Crippen molar-refractivity contribution in [3.8, 4) is 0 Å². The number of hydrogen-bond acceptors (Lipinski definition) is 0. The van der Waals surface area contributed by atoms with Gasteiger partial charge >= 0.3 is 66.0 Å². The maximum absolute atomic E-state index is 10.7. The van der Waals surface area contributed by atoms with Crippen LogP contribution in [0.5, 0.6) is 0 Å². The predicted octanol–water partition coefficient (Wildman–Crippen LogP) is 11.9. The molecule has 0 spiro atoms. The van der Waals surface area contributed by atoms with E-state index in [1.165, 1.54) is 33.2 Å². The summed E-state index contributed by atoms with van der Waals surface area (Å²) in [6.07, 6.45) is 6.82. The SMILES string of the molecule is CCCn1c[n+](Cc2cccc(C[n+]3cn(CCC)c4ccccc43)c2)c2ccccc21.F[P-](F)(F)(F)(F)F.F[P-](F)(F)(F)(F)F. The van der Waals surface area contributed by atoms with Crippen molar-refractivity contribution >= 4 is 37.7 Å². The van der Waals surface area contributed by atoms with E-state index in [1.807, 2.05) is 0 Å². The van der Waals surface area contributed by atoms with Crippen LogP contribution in [0.15, 0.2) is 85.5 Å². The Hall–Kier alpha value is -3.38. The Morgan fingerprint density at radius 3 is 1.15 bits per heavy atom. The molecule has 46 heavy (non-hydrogen) atoms. The number of imidazole rings is 2. The van der Waals surface area contributed by atoms with Crippen molar-refractivity contribution in [3.63, 3.8) is 0 Å². The Kier molecular flexibility index (Phi) is 9.43. The molecule has 0 aliphatic carbocycles. The number of benzene rings is 3. The quantitative estimate of drug-likeness (QED) is 0.0865. The van der Waals surface area contributed by atoms with E-state index in [2.05, 4.69) is 118 Å². The first kappa shape index (κ1) is 37.1. The van der Waals surface area contributed by atoms with Crippen LogP contribution in [-0.4, -0.2) is 9.13 Å². The molecule has 18 heteroatoms. The monoisotopic (exact) mass is 714 g/mol. The minimum atomic E-state index is -10.7. The van der Waals surface area contributed by atoms with Gasteiger partial charge in [0.25, 0.3) is 0 Å². The van der Waals surface area contributed by atoms with Gasteiger partial charge in [0.05, 0.1) is 13.1 Å². The van der Waals surface area contributed by atoms with Gasteiger partial charge in [-0.2, -0.15) is 0 Å². The summed E-state index contributed by atoms with van der Waals surface area (Å²) in [6, 6.07) is 26.5. The number of aryl methyl sites for hydroxylation is 2. The third-order valence-corrected chi connectivity index (χ3v) is 6.18. The van der Waals surface area contributed by atoms with Crippen molar-refractivity contribution in [1.82, 2.24) is 9.13 Å². The van der Waals surface area contributed by atoms with Gasteiger partial charge in [-0.3, -0.25) is 0 Å². The fourth-order valence-electron chi connectivity index (χ4n) is 4.80. The second-order valence-corrected chi connectivity index (χ2v) is 14.4. The summed E-state index contributed by atoms with van der Waals surface area (Å²) in [6.45, 7) is 8.33. The van der Waals surface area contributed by atoms with Gasteiger partial charge in [-0.25, -0.2) is 18.3 Å². The molecular weight excluding hydrogens is 682 g/mol. The summed E-state index contributed by atoms with van der Waals surface area (Å²) in [5.74, 6) is 0. The summed E-state index contributed by atoms with van der Waals surface area (Å²) >= 11 is 0. The third-order valence-electron chi connectivity index (χ3n) is 6.18. The van der Waals surface area contributed by atoms with E-state index in [4.69, 9.17) is 0 Å². The summed E-state index contributed by atoms with van der Waals surface area (Å²) in [5, 5.41) is 0. The van der Waals surface area contributed by atoms with Gasteiger partial charge in [0, 0.05) is 0 Å². The number of rotatable bonds is 8. The minimum absolute atomic E-state index is 0.882. The molecule has 0 aliphatic rings. The second-order valence-electron chi connectivity index (χ2n) is 10.6. The first-order valence-electron chi connectivity index (χ1n) is 13.8. The zero-order valence-corrected chi connectivity index (χ0v) is 26.3. The van der Waals surface area contributed by atoms with E-state index >= 15 is 0 Å². The first-order valence-corrected chi connectivity index (χ1v) is 17.9. The van der Waals surface area contributed by atoms with Gasteiger partial charge < -0.3 is 0 Å². The molecule has 0 amide bonds. The fourth-order valence-corrected chi connectivity index (χ4v) is 4.80. The van der Waals surface area contributed by atoms with Crippen LogP contribution in [0.1, 0.15) is 37.8 Å². The molecule has 5 rings (SSSR count). The fraction of sp³-hybridized carbons (Fsp3) is 0.286. The molecule has 2 aromatic heterocycles. The van der Waals surface area contributed by atoms with Crippen LogP contribution < -0.4 is 9.13 Å². The van der Waals surface area contributed by atoms with Crippen LogP contribution >= 0.6 is 15.6 Å². The van der Waals surface area contributed by atoms with Crippen LogP contribution in [0.2, 0.25) is 0 Å². The molecule has 5 aromatic rings.